The van der Waals surface area contributed by atoms with Gasteiger partial charge in [-0.3, -0.25) is 4.79 Å². The zero-order valence-corrected chi connectivity index (χ0v) is 11.8. The molecule has 0 radical (unpaired) electrons. The van der Waals surface area contributed by atoms with Crippen LogP contribution in [0.2, 0.25) is 0 Å². The molecular weight excluding hydrogens is 256 g/mol. The highest BCUT2D eigenvalue weighted by atomic mass is 32.2. The molecule has 19 heavy (non-hydrogen) atoms. The number of benzene rings is 2. The van der Waals surface area contributed by atoms with Crippen LogP contribution >= 0.6 is 11.8 Å². The molecule has 0 heterocycles. The molecule has 0 aromatic heterocycles. The first-order valence-electron chi connectivity index (χ1n) is 5.92. The molecule has 0 bridgehead atoms. The van der Waals surface area contributed by atoms with Crippen LogP contribution in [0.4, 0.5) is 5.69 Å². The van der Waals surface area contributed by atoms with E-state index in [2.05, 4.69) is 32.0 Å². The van der Waals surface area contributed by atoms with Gasteiger partial charge in [0, 0.05) is 21.0 Å². The summed E-state index contributed by atoms with van der Waals surface area (Å²) in [5, 5.41) is 0. The third kappa shape index (κ3) is 3.09. The highest BCUT2D eigenvalue weighted by molar-refractivity contribution is 7.99. The fraction of sp³-hybridized carbons (Fsp3) is 0.133. The van der Waals surface area contributed by atoms with Gasteiger partial charge >= 0.3 is 0 Å². The second-order valence-corrected chi connectivity index (χ2v) is 5.58. The van der Waals surface area contributed by atoms with Gasteiger partial charge in [-0.15, -0.1) is 0 Å². The van der Waals surface area contributed by atoms with Crippen LogP contribution in [0.1, 0.15) is 21.5 Å². The Morgan fingerprint density at radius 2 is 1.79 bits per heavy atom. The van der Waals surface area contributed by atoms with E-state index in [0.717, 1.165) is 9.79 Å². The number of hydrogen-bond donors (Lipinski definition) is 2. The second-order valence-electron chi connectivity index (χ2n) is 4.46. The number of primary amides is 1. The monoisotopic (exact) mass is 272 g/mol. The van der Waals surface area contributed by atoms with E-state index in [1.165, 1.54) is 11.1 Å². The predicted octanol–water partition coefficient (Wildman–Crippen LogP) is 3.14. The number of carbonyl (C=O) groups excluding carboxylic acids is 1. The normalized spacial score (nSPS) is 10.4. The lowest BCUT2D eigenvalue weighted by Crippen LogP contribution is -2.11. The number of hydrogen-bond acceptors (Lipinski definition) is 3. The topological polar surface area (TPSA) is 69.1 Å². The molecule has 98 valence electrons. The molecule has 2 aromatic carbocycles. The lowest BCUT2D eigenvalue weighted by molar-refractivity contribution is 0.100. The maximum Gasteiger partial charge on any atom is 0.248 e. The molecule has 0 aliphatic heterocycles. The quantitative estimate of drug-likeness (QED) is 0.843. The molecule has 0 aliphatic carbocycles. The van der Waals surface area contributed by atoms with Gasteiger partial charge in [-0.2, -0.15) is 0 Å². The molecule has 2 aromatic rings. The summed E-state index contributed by atoms with van der Waals surface area (Å²) in [4.78, 5) is 13.1. The standard InChI is InChI=1S/C15H16N2OS/c1-9-3-5-12(7-10(9)2)19-14-6-4-11(15(17)18)8-13(14)16/h3-8H,16H2,1-2H3,(H2,17,18). The van der Waals surface area contributed by atoms with Crippen LogP contribution in [0.25, 0.3) is 0 Å². The van der Waals surface area contributed by atoms with E-state index in [0.29, 0.717) is 11.3 Å². The van der Waals surface area contributed by atoms with Crippen molar-refractivity contribution in [2.24, 2.45) is 5.73 Å². The van der Waals surface area contributed by atoms with Crippen molar-refractivity contribution < 1.29 is 4.79 Å². The summed E-state index contributed by atoms with van der Waals surface area (Å²) in [6, 6.07) is 11.4. The zero-order valence-electron chi connectivity index (χ0n) is 10.9. The van der Waals surface area contributed by atoms with Gasteiger partial charge in [0.1, 0.15) is 0 Å². The zero-order chi connectivity index (χ0) is 14.0. The number of aryl methyl sites for hydroxylation is 2. The fourth-order valence-corrected chi connectivity index (χ4v) is 2.64. The molecule has 0 spiro atoms. The third-order valence-electron chi connectivity index (χ3n) is 3.00. The average molecular weight is 272 g/mol. The van der Waals surface area contributed by atoms with E-state index in [9.17, 15) is 4.79 Å². The molecular formula is C15H16N2OS. The van der Waals surface area contributed by atoms with Crippen molar-refractivity contribution in [2.75, 3.05) is 5.73 Å². The van der Waals surface area contributed by atoms with Crippen LogP contribution in [0.3, 0.4) is 0 Å². The highest BCUT2D eigenvalue weighted by Gasteiger charge is 2.07. The molecule has 0 fully saturated rings. The Balaban J connectivity index is 2.28. The van der Waals surface area contributed by atoms with E-state index >= 15 is 0 Å². The largest absolute Gasteiger partial charge is 0.398 e. The average Bonchev–Trinajstić information content (AvgIpc) is 2.36. The molecule has 2 rings (SSSR count). The Bertz CT molecular complexity index is 638. The fourth-order valence-electron chi connectivity index (χ4n) is 1.70. The summed E-state index contributed by atoms with van der Waals surface area (Å²) in [5.74, 6) is -0.463. The molecule has 4 N–H and O–H groups in total. The second kappa shape index (κ2) is 5.36. The molecule has 4 heteroatoms. The number of amides is 1. The van der Waals surface area contributed by atoms with Crippen LogP contribution in [0, 0.1) is 13.8 Å². The summed E-state index contributed by atoms with van der Waals surface area (Å²) in [6.45, 7) is 4.17. The number of anilines is 1. The molecule has 1 amide bonds. The van der Waals surface area contributed by atoms with Crippen molar-refractivity contribution in [3.8, 4) is 0 Å². The molecule has 3 nitrogen and oxygen atoms in total. The number of nitrogen functional groups attached to an aromatic ring is 1. The van der Waals surface area contributed by atoms with Crippen molar-refractivity contribution >= 4 is 23.4 Å². The van der Waals surface area contributed by atoms with Gasteiger partial charge < -0.3 is 11.5 Å². The minimum absolute atomic E-state index is 0.432. The summed E-state index contributed by atoms with van der Waals surface area (Å²) in [7, 11) is 0. The van der Waals surface area contributed by atoms with E-state index < -0.39 is 5.91 Å². The Morgan fingerprint density at radius 3 is 2.37 bits per heavy atom. The van der Waals surface area contributed by atoms with Crippen LogP contribution in [0.5, 0.6) is 0 Å². The molecule has 0 saturated heterocycles. The SMILES string of the molecule is Cc1ccc(Sc2ccc(C(N)=O)cc2N)cc1C. The number of nitrogens with two attached hydrogens (primary N) is 2. The third-order valence-corrected chi connectivity index (χ3v) is 4.08. The van der Waals surface area contributed by atoms with E-state index in [1.807, 2.05) is 6.07 Å². The smallest absolute Gasteiger partial charge is 0.248 e. The van der Waals surface area contributed by atoms with Crippen molar-refractivity contribution in [1.82, 2.24) is 0 Å². The lowest BCUT2D eigenvalue weighted by atomic mass is 10.1. The minimum atomic E-state index is -0.463. The highest BCUT2D eigenvalue weighted by Crippen LogP contribution is 2.33. The predicted molar refractivity (Wildman–Crippen MR) is 79.4 cm³/mol. The Kier molecular flexibility index (Phi) is 3.81. The first-order chi connectivity index (χ1) is 8.97. The van der Waals surface area contributed by atoms with Gasteiger partial charge in [0.05, 0.1) is 0 Å². The van der Waals surface area contributed by atoms with Gasteiger partial charge in [-0.25, -0.2) is 0 Å². The van der Waals surface area contributed by atoms with Crippen LogP contribution in [-0.2, 0) is 0 Å². The van der Waals surface area contributed by atoms with Crippen LogP contribution in [0.15, 0.2) is 46.2 Å². The minimum Gasteiger partial charge on any atom is -0.398 e. The summed E-state index contributed by atoms with van der Waals surface area (Å²) >= 11 is 1.58. The summed E-state index contributed by atoms with van der Waals surface area (Å²) in [5.41, 5.74) is 14.7. The van der Waals surface area contributed by atoms with Crippen molar-refractivity contribution in [1.29, 1.82) is 0 Å². The van der Waals surface area contributed by atoms with Crippen LogP contribution < -0.4 is 11.5 Å². The molecule has 0 aliphatic rings. The van der Waals surface area contributed by atoms with Gasteiger partial charge in [0.15, 0.2) is 0 Å². The van der Waals surface area contributed by atoms with Crippen molar-refractivity contribution in [3.05, 3.63) is 53.1 Å². The van der Waals surface area contributed by atoms with Gasteiger partial charge in [-0.1, -0.05) is 17.8 Å². The summed E-state index contributed by atoms with van der Waals surface area (Å²) in [6.07, 6.45) is 0. The molecule has 0 saturated carbocycles. The van der Waals surface area contributed by atoms with E-state index in [1.54, 1.807) is 23.9 Å². The van der Waals surface area contributed by atoms with E-state index in [-0.39, 0.29) is 0 Å². The van der Waals surface area contributed by atoms with Crippen molar-refractivity contribution in [2.45, 2.75) is 23.6 Å². The lowest BCUT2D eigenvalue weighted by Gasteiger charge is -2.08. The molecule has 0 unspecified atom stereocenters. The van der Waals surface area contributed by atoms with Gasteiger partial charge in [-0.05, 0) is 55.3 Å². The van der Waals surface area contributed by atoms with Gasteiger partial charge in [0.25, 0.3) is 0 Å². The molecule has 0 atom stereocenters. The Morgan fingerprint density at radius 1 is 1.05 bits per heavy atom. The Hall–Kier alpha value is -1.94. The summed E-state index contributed by atoms with van der Waals surface area (Å²) < 4.78 is 0. The van der Waals surface area contributed by atoms with E-state index in [4.69, 9.17) is 11.5 Å². The first-order valence-corrected chi connectivity index (χ1v) is 6.73. The first kappa shape index (κ1) is 13.5. The maximum absolute atomic E-state index is 11.1. The van der Waals surface area contributed by atoms with Crippen molar-refractivity contribution in [3.63, 3.8) is 0 Å². The van der Waals surface area contributed by atoms with Crippen LogP contribution in [-0.4, -0.2) is 5.91 Å². The number of rotatable bonds is 3. The van der Waals surface area contributed by atoms with Gasteiger partial charge in [0.2, 0.25) is 5.91 Å². The maximum atomic E-state index is 11.1. The Labute approximate surface area is 117 Å². The number of carbonyl (C=O) groups is 1.